The lowest BCUT2D eigenvalue weighted by molar-refractivity contribution is 0.187. The molecule has 0 amide bonds. The summed E-state index contributed by atoms with van der Waals surface area (Å²) in [4.78, 5) is 0. The zero-order valence-electron chi connectivity index (χ0n) is 13.5. The van der Waals surface area contributed by atoms with Crippen molar-refractivity contribution in [1.82, 2.24) is 5.32 Å². The molecule has 2 rings (SSSR count). The summed E-state index contributed by atoms with van der Waals surface area (Å²) in [5.74, 6) is 0.888. The molecule has 2 heteroatoms. The van der Waals surface area contributed by atoms with E-state index in [1.54, 1.807) is 7.11 Å². The van der Waals surface area contributed by atoms with Gasteiger partial charge in [-0.25, -0.2) is 0 Å². The second-order valence-electron chi connectivity index (χ2n) is 6.69. The summed E-state index contributed by atoms with van der Waals surface area (Å²) < 4.78 is 5.12. The highest BCUT2D eigenvalue weighted by Gasteiger charge is 2.40. The molecule has 2 nitrogen and oxygen atoms in total. The van der Waals surface area contributed by atoms with E-state index in [-0.39, 0.29) is 0 Å². The van der Waals surface area contributed by atoms with E-state index < -0.39 is 0 Å². The van der Waals surface area contributed by atoms with Gasteiger partial charge in [-0.2, -0.15) is 0 Å². The highest BCUT2D eigenvalue weighted by atomic mass is 16.5. The van der Waals surface area contributed by atoms with Gasteiger partial charge in [-0.05, 0) is 61.1 Å². The Labute approximate surface area is 123 Å². The van der Waals surface area contributed by atoms with Crippen molar-refractivity contribution in [2.24, 2.45) is 11.3 Å². The number of nitrogens with one attached hydrogen (secondary N) is 1. The lowest BCUT2D eigenvalue weighted by Crippen LogP contribution is -2.37. The molecular weight excluding hydrogens is 246 g/mol. The van der Waals surface area contributed by atoms with Crippen LogP contribution in [0.25, 0.3) is 0 Å². The van der Waals surface area contributed by atoms with E-state index in [0.717, 1.165) is 25.6 Å². The molecule has 1 aromatic rings. The highest BCUT2D eigenvalue weighted by Crippen LogP contribution is 2.47. The van der Waals surface area contributed by atoms with E-state index in [1.807, 2.05) is 0 Å². The van der Waals surface area contributed by atoms with Crippen LogP contribution >= 0.6 is 0 Å². The van der Waals surface area contributed by atoms with E-state index in [1.165, 1.54) is 36.0 Å². The fraction of sp³-hybridized carbons (Fsp3) is 0.667. The van der Waals surface area contributed by atoms with Gasteiger partial charge >= 0.3 is 0 Å². The van der Waals surface area contributed by atoms with Crippen molar-refractivity contribution in [3.8, 4) is 0 Å². The SMILES string of the molecule is COCCNCC(C)(Cc1ccc(C)c(C)c1)C1CC1. The second kappa shape index (κ2) is 6.73. The molecule has 0 aromatic heterocycles. The van der Waals surface area contributed by atoms with Gasteiger partial charge in [-0.3, -0.25) is 0 Å². The quantitative estimate of drug-likeness (QED) is 0.733. The maximum absolute atomic E-state index is 5.12. The average molecular weight is 275 g/mol. The highest BCUT2D eigenvalue weighted by molar-refractivity contribution is 5.30. The van der Waals surface area contributed by atoms with Crippen molar-refractivity contribution >= 4 is 0 Å². The molecule has 1 saturated carbocycles. The van der Waals surface area contributed by atoms with Crippen molar-refractivity contribution in [2.75, 3.05) is 26.8 Å². The lowest BCUT2D eigenvalue weighted by Gasteiger charge is -2.30. The molecule has 1 atom stereocenters. The standard InChI is InChI=1S/C18H29NO/c1-14-5-6-16(11-15(14)2)12-18(3,17-7-8-17)13-19-9-10-20-4/h5-6,11,17,19H,7-10,12-13H2,1-4H3. The molecule has 0 bridgehead atoms. The smallest absolute Gasteiger partial charge is 0.0587 e. The molecule has 1 aliphatic carbocycles. The molecule has 1 aliphatic rings. The van der Waals surface area contributed by atoms with Crippen molar-refractivity contribution in [3.63, 3.8) is 0 Å². The Kier molecular flexibility index (Phi) is 5.22. The minimum absolute atomic E-state index is 0.384. The van der Waals surface area contributed by atoms with E-state index in [4.69, 9.17) is 4.74 Å². The van der Waals surface area contributed by atoms with Gasteiger partial charge in [0.15, 0.2) is 0 Å². The van der Waals surface area contributed by atoms with Gasteiger partial charge < -0.3 is 10.1 Å². The van der Waals surface area contributed by atoms with Crippen LogP contribution < -0.4 is 5.32 Å². The minimum Gasteiger partial charge on any atom is -0.383 e. The molecule has 0 radical (unpaired) electrons. The molecule has 1 unspecified atom stereocenters. The van der Waals surface area contributed by atoms with E-state index in [0.29, 0.717) is 5.41 Å². The Morgan fingerprint density at radius 1 is 1.25 bits per heavy atom. The Morgan fingerprint density at radius 2 is 2.00 bits per heavy atom. The Hall–Kier alpha value is -0.860. The van der Waals surface area contributed by atoms with Gasteiger partial charge in [0.05, 0.1) is 6.61 Å². The number of ether oxygens (including phenoxy) is 1. The molecule has 20 heavy (non-hydrogen) atoms. The average Bonchev–Trinajstić information content (AvgIpc) is 3.24. The van der Waals surface area contributed by atoms with E-state index in [2.05, 4.69) is 44.3 Å². The third-order valence-electron chi connectivity index (χ3n) is 4.75. The van der Waals surface area contributed by atoms with Crippen molar-refractivity contribution < 1.29 is 4.74 Å². The molecule has 0 heterocycles. The molecule has 1 aromatic carbocycles. The monoisotopic (exact) mass is 275 g/mol. The summed E-state index contributed by atoms with van der Waals surface area (Å²) in [5, 5.41) is 3.57. The Bertz CT molecular complexity index is 439. The number of aryl methyl sites for hydroxylation is 2. The molecule has 112 valence electrons. The summed E-state index contributed by atoms with van der Waals surface area (Å²) in [5.41, 5.74) is 4.67. The fourth-order valence-corrected chi connectivity index (χ4v) is 3.06. The second-order valence-corrected chi connectivity index (χ2v) is 6.69. The van der Waals surface area contributed by atoms with E-state index >= 15 is 0 Å². The zero-order valence-corrected chi connectivity index (χ0v) is 13.5. The van der Waals surface area contributed by atoms with Crippen LogP contribution in [-0.4, -0.2) is 26.8 Å². The predicted octanol–water partition coefficient (Wildman–Crippen LogP) is 3.50. The van der Waals surface area contributed by atoms with E-state index in [9.17, 15) is 0 Å². The zero-order chi connectivity index (χ0) is 14.6. The van der Waals surface area contributed by atoms with Crippen molar-refractivity contribution in [3.05, 3.63) is 34.9 Å². The number of rotatable bonds is 8. The van der Waals surface area contributed by atoms with Gasteiger partial charge in [-0.1, -0.05) is 25.1 Å². The molecule has 0 spiro atoms. The first-order valence-electron chi connectivity index (χ1n) is 7.81. The number of benzene rings is 1. The van der Waals surface area contributed by atoms with Crippen LogP contribution in [0.3, 0.4) is 0 Å². The third kappa shape index (κ3) is 4.07. The van der Waals surface area contributed by atoms with Gasteiger partial charge in [0, 0.05) is 20.2 Å². The predicted molar refractivity (Wildman–Crippen MR) is 85.2 cm³/mol. The third-order valence-corrected chi connectivity index (χ3v) is 4.75. The summed E-state index contributed by atoms with van der Waals surface area (Å²) in [7, 11) is 1.76. The van der Waals surface area contributed by atoms with Crippen LogP contribution in [0.5, 0.6) is 0 Å². The summed E-state index contributed by atoms with van der Waals surface area (Å²) >= 11 is 0. The lowest BCUT2D eigenvalue weighted by atomic mass is 9.78. The number of hydrogen-bond donors (Lipinski definition) is 1. The topological polar surface area (TPSA) is 21.3 Å². The van der Waals surface area contributed by atoms with Crippen LogP contribution in [0.15, 0.2) is 18.2 Å². The molecular formula is C18H29NO. The van der Waals surface area contributed by atoms with Crippen LogP contribution in [0, 0.1) is 25.2 Å². The van der Waals surface area contributed by atoms with Crippen molar-refractivity contribution in [1.29, 1.82) is 0 Å². The molecule has 0 saturated heterocycles. The van der Waals surface area contributed by atoms with Gasteiger partial charge in [0.1, 0.15) is 0 Å². The minimum atomic E-state index is 0.384. The number of hydrogen-bond acceptors (Lipinski definition) is 2. The first-order valence-corrected chi connectivity index (χ1v) is 7.81. The summed E-state index contributed by atoms with van der Waals surface area (Å²) in [6, 6.07) is 6.93. The molecule has 1 fully saturated rings. The van der Waals surface area contributed by atoms with Crippen LogP contribution in [0.1, 0.15) is 36.5 Å². The normalized spacial score (nSPS) is 18.0. The Morgan fingerprint density at radius 3 is 2.60 bits per heavy atom. The molecule has 1 N–H and O–H groups in total. The molecule has 0 aliphatic heterocycles. The largest absolute Gasteiger partial charge is 0.383 e. The maximum atomic E-state index is 5.12. The Balaban J connectivity index is 1.98. The van der Waals surface area contributed by atoms with Gasteiger partial charge in [-0.15, -0.1) is 0 Å². The first kappa shape index (κ1) is 15.5. The maximum Gasteiger partial charge on any atom is 0.0587 e. The fourth-order valence-electron chi connectivity index (χ4n) is 3.06. The first-order chi connectivity index (χ1) is 9.55. The summed E-state index contributed by atoms with van der Waals surface area (Å²) in [6.07, 6.45) is 3.97. The van der Waals surface area contributed by atoms with Crippen molar-refractivity contribution in [2.45, 2.75) is 40.0 Å². The van der Waals surface area contributed by atoms with Crippen LogP contribution in [0.4, 0.5) is 0 Å². The van der Waals surface area contributed by atoms with Crippen LogP contribution in [0.2, 0.25) is 0 Å². The van der Waals surface area contributed by atoms with Crippen LogP contribution in [-0.2, 0) is 11.2 Å². The summed E-state index contributed by atoms with van der Waals surface area (Å²) in [6.45, 7) is 9.68. The number of methoxy groups -OCH3 is 1. The van der Waals surface area contributed by atoms with Gasteiger partial charge in [0.25, 0.3) is 0 Å². The van der Waals surface area contributed by atoms with Gasteiger partial charge in [0.2, 0.25) is 0 Å².